The number of hydrogen-bond donors (Lipinski definition) is 1. The number of nitrogens with zero attached hydrogens (tertiary/aromatic N) is 5. The van der Waals surface area contributed by atoms with Gasteiger partial charge in [-0.2, -0.15) is 15.2 Å². The fourth-order valence-corrected chi connectivity index (χ4v) is 2.25. The van der Waals surface area contributed by atoms with Crippen molar-refractivity contribution in [3.05, 3.63) is 47.0 Å². The molecule has 3 heterocycles. The third-order valence-corrected chi connectivity index (χ3v) is 3.29. The molecule has 0 spiro atoms. The van der Waals surface area contributed by atoms with Gasteiger partial charge in [-0.1, -0.05) is 23.4 Å². The van der Waals surface area contributed by atoms with Crippen molar-refractivity contribution in [2.75, 3.05) is 0 Å². The first-order chi connectivity index (χ1) is 10.7. The molecule has 0 saturated carbocycles. The van der Waals surface area contributed by atoms with Crippen molar-refractivity contribution >= 4 is 10.8 Å². The van der Waals surface area contributed by atoms with E-state index in [0.717, 1.165) is 5.56 Å². The molecule has 1 aromatic carbocycles. The SMILES string of the molecule is Cn1cc(-c2noc(-c3n[nH]c(=O)c4ccccc34)n2)cn1. The van der Waals surface area contributed by atoms with Crippen LogP contribution in [0.4, 0.5) is 0 Å². The molecule has 4 rings (SSSR count). The molecule has 22 heavy (non-hydrogen) atoms. The average molecular weight is 294 g/mol. The smallest absolute Gasteiger partial charge is 0.279 e. The molecule has 108 valence electrons. The highest BCUT2D eigenvalue weighted by molar-refractivity contribution is 5.91. The van der Waals surface area contributed by atoms with Crippen molar-refractivity contribution in [2.45, 2.75) is 0 Å². The molecule has 0 amide bonds. The van der Waals surface area contributed by atoms with Crippen LogP contribution in [0.25, 0.3) is 33.7 Å². The van der Waals surface area contributed by atoms with E-state index in [2.05, 4.69) is 25.4 Å². The summed E-state index contributed by atoms with van der Waals surface area (Å²) in [6.07, 6.45) is 3.43. The Bertz CT molecular complexity index is 1030. The number of nitrogens with one attached hydrogen (secondary N) is 1. The van der Waals surface area contributed by atoms with Gasteiger partial charge >= 0.3 is 0 Å². The van der Waals surface area contributed by atoms with Gasteiger partial charge in [0.25, 0.3) is 11.4 Å². The van der Waals surface area contributed by atoms with Gasteiger partial charge in [0.1, 0.15) is 0 Å². The highest BCUT2D eigenvalue weighted by atomic mass is 16.5. The maximum absolute atomic E-state index is 11.8. The Hall–Kier alpha value is -3.29. The molecule has 0 bridgehead atoms. The van der Waals surface area contributed by atoms with Gasteiger partial charge in [-0.15, -0.1) is 0 Å². The van der Waals surface area contributed by atoms with E-state index in [1.165, 1.54) is 0 Å². The normalized spacial score (nSPS) is 11.1. The van der Waals surface area contributed by atoms with Gasteiger partial charge in [-0.05, 0) is 6.07 Å². The number of aromatic nitrogens is 6. The second kappa shape index (κ2) is 4.62. The van der Waals surface area contributed by atoms with Gasteiger partial charge < -0.3 is 4.52 Å². The lowest BCUT2D eigenvalue weighted by Crippen LogP contribution is -2.09. The molecule has 0 fully saturated rings. The predicted octanol–water partition coefficient (Wildman–Crippen LogP) is 1.37. The first kappa shape index (κ1) is 12.5. The molecule has 8 nitrogen and oxygen atoms in total. The lowest BCUT2D eigenvalue weighted by molar-refractivity contribution is 0.431. The Labute approximate surface area is 123 Å². The summed E-state index contributed by atoms with van der Waals surface area (Å²) in [4.78, 5) is 16.1. The Morgan fingerprint density at radius 2 is 2.05 bits per heavy atom. The standard InChI is InChI=1S/C14H10N6O2/c1-20-7-8(6-15-20)12-16-14(22-19-12)11-9-4-2-3-5-10(9)13(21)18-17-11/h2-7H,1H3,(H,18,21). The van der Waals surface area contributed by atoms with E-state index in [1.54, 1.807) is 35.3 Å². The zero-order valence-corrected chi connectivity index (χ0v) is 11.5. The van der Waals surface area contributed by atoms with Gasteiger partial charge in [0.2, 0.25) is 5.82 Å². The number of aromatic amines is 1. The number of aryl methyl sites for hydroxylation is 1. The number of hydrogen-bond acceptors (Lipinski definition) is 6. The third-order valence-electron chi connectivity index (χ3n) is 3.29. The van der Waals surface area contributed by atoms with Crippen molar-refractivity contribution in [3.63, 3.8) is 0 Å². The molecule has 3 aromatic heterocycles. The number of rotatable bonds is 2. The Balaban J connectivity index is 1.88. The second-order valence-corrected chi connectivity index (χ2v) is 4.77. The van der Waals surface area contributed by atoms with E-state index in [1.807, 2.05) is 13.1 Å². The van der Waals surface area contributed by atoms with E-state index in [9.17, 15) is 4.79 Å². The molecule has 0 aliphatic carbocycles. The molecular formula is C14H10N6O2. The molecule has 8 heteroatoms. The third kappa shape index (κ3) is 1.89. The molecular weight excluding hydrogens is 284 g/mol. The average Bonchev–Trinajstić information content (AvgIpc) is 3.17. The molecule has 4 aromatic rings. The highest BCUT2D eigenvalue weighted by Crippen LogP contribution is 2.24. The van der Waals surface area contributed by atoms with Crippen LogP contribution in [0.2, 0.25) is 0 Å². The summed E-state index contributed by atoms with van der Waals surface area (Å²) in [5.41, 5.74) is 0.926. The summed E-state index contributed by atoms with van der Waals surface area (Å²) in [5, 5.41) is 15.7. The summed E-state index contributed by atoms with van der Waals surface area (Å²) in [6.45, 7) is 0. The number of H-pyrrole nitrogens is 1. The minimum atomic E-state index is -0.258. The molecule has 0 aliphatic heterocycles. The molecule has 1 N–H and O–H groups in total. The summed E-state index contributed by atoms with van der Waals surface area (Å²) in [6, 6.07) is 7.13. The first-order valence-electron chi connectivity index (χ1n) is 6.53. The topological polar surface area (TPSA) is 102 Å². The van der Waals surface area contributed by atoms with Crippen LogP contribution in [-0.2, 0) is 7.05 Å². The Kier molecular flexibility index (Phi) is 2.62. The van der Waals surface area contributed by atoms with Crippen LogP contribution in [0.1, 0.15) is 0 Å². The molecule has 0 saturated heterocycles. The highest BCUT2D eigenvalue weighted by Gasteiger charge is 2.16. The summed E-state index contributed by atoms with van der Waals surface area (Å²) >= 11 is 0. The van der Waals surface area contributed by atoms with Crippen LogP contribution in [0.15, 0.2) is 46.0 Å². The summed E-state index contributed by atoms with van der Waals surface area (Å²) in [5.74, 6) is 0.659. The van der Waals surface area contributed by atoms with Crippen molar-refractivity contribution in [3.8, 4) is 23.0 Å². The van der Waals surface area contributed by atoms with E-state index >= 15 is 0 Å². The maximum atomic E-state index is 11.8. The van der Waals surface area contributed by atoms with Crippen molar-refractivity contribution in [1.82, 2.24) is 30.1 Å². The van der Waals surface area contributed by atoms with Crippen LogP contribution in [-0.4, -0.2) is 30.1 Å². The van der Waals surface area contributed by atoms with Crippen LogP contribution < -0.4 is 5.56 Å². The largest absolute Gasteiger partial charge is 0.332 e. The number of benzene rings is 1. The van der Waals surface area contributed by atoms with E-state index in [0.29, 0.717) is 22.3 Å². The van der Waals surface area contributed by atoms with E-state index < -0.39 is 0 Å². The van der Waals surface area contributed by atoms with Gasteiger partial charge in [0, 0.05) is 18.6 Å². The van der Waals surface area contributed by atoms with E-state index in [4.69, 9.17) is 4.52 Å². The van der Waals surface area contributed by atoms with Crippen LogP contribution in [0.5, 0.6) is 0 Å². The zero-order chi connectivity index (χ0) is 15.1. The predicted molar refractivity (Wildman–Crippen MR) is 77.9 cm³/mol. The summed E-state index contributed by atoms with van der Waals surface area (Å²) in [7, 11) is 1.81. The Morgan fingerprint density at radius 1 is 1.23 bits per heavy atom. The zero-order valence-electron chi connectivity index (χ0n) is 11.5. The minimum Gasteiger partial charge on any atom is -0.332 e. The van der Waals surface area contributed by atoms with Gasteiger partial charge in [0.05, 0.1) is 17.1 Å². The Morgan fingerprint density at radius 3 is 2.82 bits per heavy atom. The lowest BCUT2D eigenvalue weighted by atomic mass is 10.1. The second-order valence-electron chi connectivity index (χ2n) is 4.77. The quantitative estimate of drug-likeness (QED) is 0.599. The molecule has 0 radical (unpaired) electrons. The number of fused-ring (bicyclic) bond motifs is 1. The van der Waals surface area contributed by atoms with E-state index in [-0.39, 0.29) is 11.4 Å². The fraction of sp³-hybridized carbons (Fsp3) is 0.0714. The van der Waals surface area contributed by atoms with Crippen molar-refractivity contribution in [1.29, 1.82) is 0 Å². The lowest BCUT2D eigenvalue weighted by Gasteiger charge is -1.99. The van der Waals surface area contributed by atoms with Gasteiger partial charge in [-0.3, -0.25) is 9.48 Å². The molecule has 0 atom stereocenters. The van der Waals surface area contributed by atoms with Crippen LogP contribution in [0.3, 0.4) is 0 Å². The van der Waals surface area contributed by atoms with Crippen LogP contribution >= 0.6 is 0 Å². The molecule has 0 unspecified atom stereocenters. The van der Waals surface area contributed by atoms with Gasteiger partial charge in [-0.25, -0.2) is 5.10 Å². The molecule has 0 aliphatic rings. The summed E-state index contributed by atoms with van der Waals surface area (Å²) < 4.78 is 6.93. The monoisotopic (exact) mass is 294 g/mol. The first-order valence-corrected chi connectivity index (χ1v) is 6.53. The van der Waals surface area contributed by atoms with Crippen molar-refractivity contribution < 1.29 is 4.52 Å². The fourth-order valence-electron chi connectivity index (χ4n) is 2.25. The van der Waals surface area contributed by atoms with Crippen LogP contribution in [0, 0.1) is 0 Å². The maximum Gasteiger partial charge on any atom is 0.279 e. The minimum absolute atomic E-state index is 0.242. The van der Waals surface area contributed by atoms with Gasteiger partial charge in [0.15, 0.2) is 5.69 Å². The van der Waals surface area contributed by atoms with Crippen molar-refractivity contribution in [2.24, 2.45) is 7.05 Å².